The van der Waals surface area contributed by atoms with Crippen LogP contribution < -0.4 is 10.6 Å². The summed E-state index contributed by atoms with van der Waals surface area (Å²) in [6.45, 7) is 5.20. The van der Waals surface area contributed by atoms with Crippen LogP contribution in [0.4, 0.5) is 0 Å². The van der Waals surface area contributed by atoms with Crippen LogP contribution in [0.15, 0.2) is 24.3 Å². The normalized spacial score (nSPS) is 14.6. The van der Waals surface area contributed by atoms with E-state index < -0.39 is 0 Å². The zero-order valence-electron chi connectivity index (χ0n) is 12.5. The highest BCUT2D eigenvalue weighted by Gasteiger charge is 2.18. The zero-order chi connectivity index (χ0) is 15.1. The number of nitrogens with zero attached hydrogens (tertiary/aromatic N) is 1. The monoisotopic (exact) mass is 305 g/mol. The van der Waals surface area contributed by atoms with Gasteiger partial charge in [-0.3, -0.25) is 4.79 Å². The average molecular weight is 305 g/mol. The van der Waals surface area contributed by atoms with Crippen LogP contribution in [-0.4, -0.2) is 35.6 Å². The summed E-state index contributed by atoms with van der Waals surface area (Å²) in [7, 11) is 0. The third-order valence-corrected chi connectivity index (χ3v) is 3.90. The smallest absolute Gasteiger partial charge is 0.253 e. The Labute approximate surface area is 131 Å². The molecule has 0 atom stereocenters. The highest BCUT2D eigenvalue weighted by molar-refractivity contribution is 7.80. The molecule has 0 spiro atoms. The Balaban J connectivity index is 1.96. The van der Waals surface area contributed by atoms with Crippen LogP contribution in [0.2, 0.25) is 0 Å². The van der Waals surface area contributed by atoms with E-state index in [-0.39, 0.29) is 5.91 Å². The number of amides is 1. The number of benzene rings is 1. The molecule has 0 bridgehead atoms. The van der Waals surface area contributed by atoms with Gasteiger partial charge in [0.2, 0.25) is 0 Å². The Kier molecular flexibility index (Phi) is 5.99. The van der Waals surface area contributed by atoms with Gasteiger partial charge >= 0.3 is 0 Å². The van der Waals surface area contributed by atoms with Gasteiger partial charge in [-0.2, -0.15) is 0 Å². The lowest BCUT2D eigenvalue weighted by Crippen LogP contribution is -2.36. The van der Waals surface area contributed by atoms with Crippen molar-refractivity contribution in [3.05, 3.63) is 35.4 Å². The van der Waals surface area contributed by atoms with E-state index in [2.05, 4.69) is 10.6 Å². The molecule has 1 heterocycles. The van der Waals surface area contributed by atoms with Gasteiger partial charge in [-0.05, 0) is 56.1 Å². The molecule has 1 aliphatic rings. The fourth-order valence-corrected chi connectivity index (χ4v) is 2.72. The van der Waals surface area contributed by atoms with Crippen molar-refractivity contribution in [2.45, 2.75) is 32.7 Å². The number of rotatable bonds is 4. The molecule has 114 valence electrons. The van der Waals surface area contributed by atoms with E-state index in [1.54, 1.807) is 0 Å². The molecule has 1 aromatic rings. The molecule has 1 aromatic carbocycles. The molecule has 2 N–H and O–H groups in total. The first-order valence-corrected chi connectivity index (χ1v) is 8.01. The highest BCUT2D eigenvalue weighted by Crippen LogP contribution is 2.14. The molecule has 0 radical (unpaired) electrons. The molecular weight excluding hydrogens is 282 g/mol. The standard InChI is InChI=1S/C16H23N3OS/c1-2-17-16(21)18-12-13-7-6-8-14(11-13)15(20)19-9-4-3-5-10-19/h6-8,11H,2-5,9-10,12H2,1H3,(H2,17,18,21). The van der Waals surface area contributed by atoms with Crippen LogP contribution in [-0.2, 0) is 6.54 Å². The van der Waals surface area contributed by atoms with Gasteiger partial charge in [-0.1, -0.05) is 12.1 Å². The van der Waals surface area contributed by atoms with E-state index in [1.165, 1.54) is 6.42 Å². The number of thiocarbonyl (C=S) groups is 1. The number of carbonyl (C=O) groups excluding carboxylic acids is 1. The molecule has 1 amide bonds. The van der Waals surface area contributed by atoms with Crippen LogP contribution in [0, 0.1) is 0 Å². The molecule has 21 heavy (non-hydrogen) atoms. The molecule has 2 rings (SSSR count). The molecule has 0 aromatic heterocycles. The maximum atomic E-state index is 12.5. The third-order valence-electron chi connectivity index (χ3n) is 3.61. The van der Waals surface area contributed by atoms with E-state index in [4.69, 9.17) is 12.2 Å². The SMILES string of the molecule is CCNC(=S)NCc1cccc(C(=O)N2CCCCC2)c1. The van der Waals surface area contributed by atoms with Crippen molar-refractivity contribution in [1.29, 1.82) is 0 Å². The average Bonchev–Trinajstić information content (AvgIpc) is 2.54. The lowest BCUT2D eigenvalue weighted by molar-refractivity contribution is 0.0724. The molecule has 1 saturated heterocycles. The minimum Gasteiger partial charge on any atom is -0.363 e. The minimum atomic E-state index is 0.144. The van der Waals surface area contributed by atoms with Gasteiger partial charge in [0.25, 0.3) is 5.91 Å². The van der Waals surface area contributed by atoms with Gasteiger partial charge in [0.15, 0.2) is 5.11 Å². The minimum absolute atomic E-state index is 0.144. The molecule has 0 aliphatic carbocycles. The Morgan fingerprint density at radius 1 is 1.24 bits per heavy atom. The molecule has 4 nitrogen and oxygen atoms in total. The second-order valence-electron chi connectivity index (χ2n) is 5.27. The Hall–Kier alpha value is -1.62. The summed E-state index contributed by atoms with van der Waals surface area (Å²) >= 11 is 5.14. The number of piperidine rings is 1. The van der Waals surface area contributed by atoms with Crippen molar-refractivity contribution in [3.63, 3.8) is 0 Å². The Morgan fingerprint density at radius 3 is 2.71 bits per heavy atom. The van der Waals surface area contributed by atoms with Gasteiger partial charge in [0.05, 0.1) is 0 Å². The summed E-state index contributed by atoms with van der Waals surface area (Å²) in [5.74, 6) is 0.144. The van der Waals surface area contributed by atoms with E-state index in [0.29, 0.717) is 11.7 Å². The second-order valence-corrected chi connectivity index (χ2v) is 5.67. The topological polar surface area (TPSA) is 44.4 Å². The van der Waals surface area contributed by atoms with Gasteiger partial charge in [0.1, 0.15) is 0 Å². The van der Waals surface area contributed by atoms with Crippen LogP contribution in [0.1, 0.15) is 42.1 Å². The Morgan fingerprint density at radius 2 is 2.00 bits per heavy atom. The van der Waals surface area contributed by atoms with Crippen molar-refractivity contribution in [1.82, 2.24) is 15.5 Å². The lowest BCUT2D eigenvalue weighted by Gasteiger charge is -2.26. The predicted molar refractivity (Wildman–Crippen MR) is 89.3 cm³/mol. The summed E-state index contributed by atoms with van der Waals surface area (Å²) < 4.78 is 0. The predicted octanol–water partition coefficient (Wildman–Crippen LogP) is 2.30. The molecule has 1 aliphatic heterocycles. The number of likely N-dealkylation sites (tertiary alicyclic amines) is 1. The number of nitrogens with one attached hydrogen (secondary N) is 2. The summed E-state index contributed by atoms with van der Waals surface area (Å²) in [5.41, 5.74) is 1.84. The number of hydrogen-bond acceptors (Lipinski definition) is 2. The molecule has 0 saturated carbocycles. The van der Waals surface area contributed by atoms with Crippen molar-refractivity contribution in [2.75, 3.05) is 19.6 Å². The van der Waals surface area contributed by atoms with Crippen molar-refractivity contribution in [2.24, 2.45) is 0 Å². The van der Waals surface area contributed by atoms with E-state index in [9.17, 15) is 4.79 Å². The molecular formula is C16H23N3OS. The maximum absolute atomic E-state index is 12.5. The summed E-state index contributed by atoms with van der Waals surface area (Å²) in [5, 5.41) is 6.83. The van der Waals surface area contributed by atoms with E-state index in [0.717, 1.165) is 43.6 Å². The van der Waals surface area contributed by atoms with Crippen LogP contribution in [0.3, 0.4) is 0 Å². The highest BCUT2D eigenvalue weighted by atomic mass is 32.1. The fraction of sp³-hybridized carbons (Fsp3) is 0.500. The number of carbonyl (C=O) groups is 1. The number of hydrogen-bond donors (Lipinski definition) is 2. The Bertz CT molecular complexity index is 498. The lowest BCUT2D eigenvalue weighted by atomic mass is 10.1. The fourth-order valence-electron chi connectivity index (χ4n) is 2.50. The van der Waals surface area contributed by atoms with Gasteiger partial charge < -0.3 is 15.5 Å². The zero-order valence-corrected chi connectivity index (χ0v) is 13.3. The maximum Gasteiger partial charge on any atom is 0.253 e. The van der Waals surface area contributed by atoms with Crippen molar-refractivity contribution < 1.29 is 4.79 Å². The quantitative estimate of drug-likeness (QED) is 0.838. The van der Waals surface area contributed by atoms with Crippen LogP contribution in [0.5, 0.6) is 0 Å². The van der Waals surface area contributed by atoms with E-state index in [1.807, 2.05) is 36.1 Å². The van der Waals surface area contributed by atoms with Gasteiger partial charge in [0, 0.05) is 31.7 Å². The largest absolute Gasteiger partial charge is 0.363 e. The first-order chi connectivity index (χ1) is 10.2. The summed E-state index contributed by atoms with van der Waals surface area (Å²) in [4.78, 5) is 14.4. The van der Waals surface area contributed by atoms with E-state index >= 15 is 0 Å². The first kappa shape index (κ1) is 15.8. The molecule has 5 heteroatoms. The van der Waals surface area contributed by atoms with Gasteiger partial charge in [-0.15, -0.1) is 0 Å². The van der Waals surface area contributed by atoms with Crippen LogP contribution in [0.25, 0.3) is 0 Å². The molecule has 0 unspecified atom stereocenters. The summed E-state index contributed by atoms with van der Waals surface area (Å²) in [6.07, 6.45) is 3.46. The van der Waals surface area contributed by atoms with Crippen molar-refractivity contribution in [3.8, 4) is 0 Å². The molecule has 1 fully saturated rings. The van der Waals surface area contributed by atoms with Crippen LogP contribution >= 0.6 is 12.2 Å². The van der Waals surface area contributed by atoms with Crippen molar-refractivity contribution >= 4 is 23.2 Å². The first-order valence-electron chi connectivity index (χ1n) is 7.60. The summed E-state index contributed by atoms with van der Waals surface area (Å²) in [6, 6.07) is 7.79. The second kappa shape index (κ2) is 7.98. The van der Waals surface area contributed by atoms with Gasteiger partial charge in [-0.25, -0.2) is 0 Å². The third kappa shape index (κ3) is 4.70.